The molecule has 0 atom stereocenters. The summed E-state index contributed by atoms with van der Waals surface area (Å²) >= 11 is 0. The van der Waals surface area contributed by atoms with Crippen molar-refractivity contribution in [1.82, 2.24) is 9.97 Å². The Bertz CT molecular complexity index is 725. The second kappa shape index (κ2) is 7.26. The number of H-pyrrole nitrogens is 1. The quantitative estimate of drug-likeness (QED) is 0.629. The van der Waals surface area contributed by atoms with Crippen molar-refractivity contribution in [3.8, 4) is 11.5 Å². The number of nitrogens with one attached hydrogen (secondary N) is 2. The number of hydrogen-bond acceptors (Lipinski definition) is 6. The minimum absolute atomic E-state index is 0.199. The van der Waals surface area contributed by atoms with Gasteiger partial charge >= 0.3 is 0 Å². The molecule has 0 spiro atoms. The molecule has 2 aromatic rings. The number of rotatable bonds is 6. The molecule has 116 valence electrons. The van der Waals surface area contributed by atoms with Crippen LogP contribution in [0, 0.1) is 6.92 Å². The Balaban J connectivity index is 2.09. The summed E-state index contributed by atoms with van der Waals surface area (Å²) < 4.78 is 10.7. The number of methoxy groups -OCH3 is 1. The highest BCUT2D eigenvalue weighted by atomic mass is 16.5. The van der Waals surface area contributed by atoms with Crippen molar-refractivity contribution >= 4 is 12.2 Å². The van der Waals surface area contributed by atoms with E-state index in [4.69, 9.17) is 9.47 Å². The lowest BCUT2D eigenvalue weighted by Crippen LogP contribution is -2.12. The summed E-state index contributed by atoms with van der Waals surface area (Å²) in [7, 11) is 1.58. The number of aryl methyl sites for hydroxylation is 1. The molecule has 0 aliphatic rings. The number of hydrogen-bond donors (Lipinski definition) is 2. The van der Waals surface area contributed by atoms with Crippen molar-refractivity contribution in [2.24, 2.45) is 5.10 Å². The van der Waals surface area contributed by atoms with Crippen LogP contribution in [0.25, 0.3) is 0 Å². The first-order chi connectivity index (χ1) is 10.6. The lowest BCUT2D eigenvalue weighted by atomic mass is 10.2. The lowest BCUT2D eigenvalue weighted by Gasteiger charge is -2.09. The van der Waals surface area contributed by atoms with Gasteiger partial charge in [0.25, 0.3) is 5.56 Å². The number of benzene rings is 1. The van der Waals surface area contributed by atoms with Gasteiger partial charge in [-0.15, -0.1) is 0 Å². The molecule has 7 heteroatoms. The van der Waals surface area contributed by atoms with E-state index in [9.17, 15) is 4.79 Å². The minimum atomic E-state index is -0.199. The standard InChI is InChI=1S/C15H18N4O3/c1-4-22-12-6-5-11(7-13(12)21-3)9-17-19-15-16-8-10(2)14(20)18-15/h5-9H,4H2,1-3H3,(H2,16,18,19,20)/b17-9+. The van der Waals surface area contributed by atoms with Gasteiger partial charge in [0.05, 0.1) is 19.9 Å². The summed E-state index contributed by atoms with van der Waals surface area (Å²) in [5, 5.41) is 4.03. The third kappa shape index (κ3) is 3.85. The fraction of sp³-hybridized carbons (Fsp3) is 0.267. The molecule has 22 heavy (non-hydrogen) atoms. The first-order valence-corrected chi connectivity index (χ1v) is 6.80. The first-order valence-electron chi connectivity index (χ1n) is 6.80. The van der Waals surface area contributed by atoms with Gasteiger partial charge in [-0.2, -0.15) is 5.10 Å². The third-order valence-electron chi connectivity index (χ3n) is 2.85. The highest BCUT2D eigenvalue weighted by Crippen LogP contribution is 2.27. The summed E-state index contributed by atoms with van der Waals surface area (Å²) in [5.41, 5.74) is 3.84. The van der Waals surface area contributed by atoms with Crippen LogP contribution in [0.4, 0.5) is 5.95 Å². The highest BCUT2D eigenvalue weighted by molar-refractivity contribution is 5.81. The zero-order chi connectivity index (χ0) is 15.9. The van der Waals surface area contributed by atoms with Crippen molar-refractivity contribution in [3.63, 3.8) is 0 Å². The van der Waals surface area contributed by atoms with Crippen LogP contribution < -0.4 is 20.5 Å². The van der Waals surface area contributed by atoms with E-state index in [-0.39, 0.29) is 11.5 Å². The zero-order valence-electron chi connectivity index (χ0n) is 12.7. The second-order valence-corrected chi connectivity index (χ2v) is 4.46. The van der Waals surface area contributed by atoms with Gasteiger partial charge in [-0.1, -0.05) is 0 Å². The van der Waals surface area contributed by atoms with Gasteiger partial charge in [0.15, 0.2) is 11.5 Å². The van der Waals surface area contributed by atoms with Crippen molar-refractivity contribution in [2.45, 2.75) is 13.8 Å². The number of anilines is 1. The van der Waals surface area contributed by atoms with E-state index >= 15 is 0 Å². The van der Waals surface area contributed by atoms with E-state index in [0.29, 0.717) is 23.7 Å². The summed E-state index contributed by atoms with van der Waals surface area (Å²) in [6, 6.07) is 5.47. The number of aromatic nitrogens is 2. The molecule has 0 saturated carbocycles. The molecule has 0 saturated heterocycles. The van der Waals surface area contributed by atoms with Gasteiger partial charge < -0.3 is 9.47 Å². The van der Waals surface area contributed by atoms with Crippen LogP contribution in [0.5, 0.6) is 11.5 Å². The van der Waals surface area contributed by atoms with E-state index in [0.717, 1.165) is 5.56 Å². The largest absolute Gasteiger partial charge is 0.493 e. The van der Waals surface area contributed by atoms with Gasteiger partial charge in [-0.05, 0) is 37.6 Å². The molecule has 2 N–H and O–H groups in total. The molecule has 1 aromatic heterocycles. The molecule has 7 nitrogen and oxygen atoms in total. The third-order valence-corrected chi connectivity index (χ3v) is 2.85. The lowest BCUT2D eigenvalue weighted by molar-refractivity contribution is 0.311. The first kappa shape index (κ1) is 15.6. The monoisotopic (exact) mass is 302 g/mol. The van der Waals surface area contributed by atoms with Crippen molar-refractivity contribution < 1.29 is 9.47 Å². The van der Waals surface area contributed by atoms with E-state index < -0.39 is 0 Å². The molecular weight excluding hydrogens is 284 g/mol. The van der Waals surface area contributed by atoms with Gasteiger partial charge in [0.1, 0.15) is 0 Å². The van der Waals surface area contributed by atoms with Crippen molar-refractivity contribution in [2.75, 3.05) is 19.1 Å². The average Bonchev–Trinajstić information content (AvgIpc) is 2.52. The smallest absolute Gasteiger partial charge is 0.255 e. The molecule has 1 heterocycles. The normalized spacial score (nSPS) is 10.7. The maximum absolute atomic E-state index is 11.4. The predicted molar refractivity (Wildman–Crippen MR) is 85.0 cm³/mol. The Hall–Kier alpha value is -2.83. The molecule has 0 amide bonds. The van der Waals surface area contributed by atoms with E-state index in [1.54, 1.807) is 20.2 Å². The number of nitrogens with zero attached hydrogens (tertiary/aromatic N) is 2. The molecule has 0 bridgehead atoms. The van der Waals surface area contributed by atoms with Crippen LogP contribution in [0.2, 0.25) is 0 Å². The van der Waals surface area contributed by atoms with Crippen molar-refractivity contribution in [1.29, 1.82) is 0 Å². The molecule has 2 rings (SSSR count). The van der Waals surface area contributed by atoms with Gasteiger partial charge in [-0.3, -0.25) is 9.78 Å². The molecule has 0 aliphatic heterocycles. The van der Waals surface area contributed by atoms with Crippen LogP contribution in [-0.4, -0.2) is 29.9 Å². The Morgan fingerprint density at radius 3 is 2.91 bits per heavy atom. The van der Waals surface area contributed by atoms with E-state index in [2.05, 4.69) is 20.5 Å². The predicted octanol–water partition coefficient (Wildman–Crippen LogP) is 1.93. The summed E-state index contributed by atoms with van der Waals surface area (Å²) in [6.07, 6.45) is 3.08. The van der Waals surface area contributed by atoms with Gasteiger partial charge in [0, 0.05) is 11.8 Å². The molecule has 0 aliphatic carbocycles. The number of aromatic amines is 1. The SMILES string of the molecule is CCOc1ccc(/C=N/Nc2ncc(C)c(=O)[nH]2)cc1OC. The minimum Gasteiger partial charge on any atom is -0.493 e. The number of hydrazone groups is 1. The van der Waals surface area contributed by atoms with Crippen LogP contribution >= 0.6 is 0 Å². The van der Waals surface area contributed by atoms with Crippen LogP contribution in [0.1, 0.15) is 18.1 Å². The summed E-state index contributed by atoms with van der Waals surface area (Å²) in [4.78, 5) is 18.0. The van der Waals surface area contributed by atoms with Crippen LogP contribution in [-0.2, 0) is 0 Å². The van der Waals surface area contributed by atoms with E-state index in [1.807, 2.05) is 25.1 Å². The molecule has 0 unspecified atom stereocenters. The molecule has 0 fully saturated rings. The molecular formula is C15H18N4O3. The van der Waals surface area contributed by atoms with Gasteiger partial charge in [-0.25, -0.2) is 10.4 Å². The Labute approximate surface area is 128 Å². The Morgan fingerprint density at radius 2 is 2.23 bits per heavy atom. The highest BCUT2D eigenvalue weighted by Gasteiger charge is 2.04. The zero-order valence-corrected chi connectivity index (χ0v) is 12.7. The van der Waals surface area contributed by atoms with Crippen molar-refractivity contribution in [3.05, 3.63) is 45.9 Å². The second-order valence-electron chi connectivity index (χ2n) is 4.46. The summed E-state index contributed by atoms with van der Waals surface area (Å²) in [5.74, 6) is 1.59. The van der Waals surface area contributed by atoms with Crippen LogP contribution in [0.15, 0.2) is 34.3 Å². The molecule has 0 radical (unpaired) electrons. The maximum Gasteiger partial charge on any atom is 0.255 e. The fourth-order valence-electron chi connectivity index (χ4n) is 1.72. The Morgan fingerprint density at radius 1 is 1.41 bits per heavy atom. The topological polar surface area (TPSA) is 88.6 Å². The van der Waals surface area contributed by atoms with Crippen LogP contribution in [0.3, 0.4) is 0 Å². The maximum atomic E-state index is 11.4. The molecule has 1 aromatic carbocycles. The van der Waals surface area contributed by atoms with E-state index in [1.165, 1.54) is 6.20 Å². The van der Waals surface area contributed by atoms with Gasteiger partial charge in [0.2, 0.25) is 5.95 Å². The fourth-order valence-corrected chi connectivity index (χ4v) is 1.72. The summed E-state index contributed by atoms with van der Waals surface area (Å²) in [6.45, 7) is 4.16. The number of ether oxygens (including phenoxy) is 2. The average molecular weight is 302 g/mol. The Kier molecular flexibility index (Phi) is 5.13.